The molecule has 22 heavy (non-hydrogen) atoms. The molecule has 1 aliphatic heterocycles. The van der Waals surface area contributed by atoms with Gasteiger partial charge in [-0.1, -0.05) is 24.3 Å². The molecule has 2 aromatic rings. The summed E-state index contributed by atoms with van der Waals surface area (Å²) in [5.74, 6) is 0.462. The zero-order valence-corrected chi connectivity index (χ0v) is 12.3. The van der Waals surface area contributed by atoms with Gasteiger partial charge in [0.15, 0.2) is 5.69 Å². The third-order valence-corrected chi connectivity index (χ3v) is 4.55. The van der Waals surface area contributed by atoms with Crippen LogP contribution in [0.2, 0.25) is 0 Å². The summed E-state index contributed by atoms with van der Waals surface area (Å²) in [5.41, 5.74) is 2.91. The zero-order valence-electron chi connectivity index (χ0n) is 12.3. The van der Waals surface area contributed by atoms with Crippen LogP contribution in [0.4, 0.5) is 0 Å². The van der Waals surface area contributed by atoms with Crippen LogP contribution in [-0.2, 0) is 6.42 Å². The molecule has 0 radical (unpaired) electrons. The van der Waals surface area contributed by atoms with Gasteiger partial charge >= 0.3 is 0 Å². The fourth-order valence-electron chi connectivity index (χ4n) is 3.39. The van der Waals surface area contributed by atoms with Crippen molar-refractivity contribution in [2.75, 3.05) is 6.54 Å². The molecule has 1 amide bonds. The number of nitrogens with zero attached hydrogens (tertiary/aromatic N) is 1. The third kappa shape index (κ3) is 2.41. The molecule has 4 rings (SSSR count). The van der Waals surface area contributed by atoms with E-state index in [0.717, 1.165) is 32.2 Å². The van der Waals surface area contributed by atoms with Gasteiger partial charge in [-0.05, 0) is 43.4 Å². The fraction of sp³-hybridized carbons (Fsp3) is 0.412. The first kappa shape index (κ1) is 13.5. The van der Waals surface area contributed by atoms with Crippen LogP contribution < -0.4 is 10.6 Å². The van der Waals surface area contributed by atoms with Gasteiger partial charge in [-0.3, -0.25) is 4.79 Å². The summed E-state index contributed by atoms with van der Waals surface area (Å²) in [6.45, 7) is 0.980. The molecule has 0 bridgehead atoms. The molecule has 2 atom stereocenters. The molecule has 5 nitrogen and oxygen atoms in total. The SMILES string of the molecule is O=C(NC1CCc2ccccc21)c1coc(C2CCCN2)n1. The highest BCUT2D eigenvalue weighted by molar-refractivity contribution is 5.92. The molecule has 2 heterocycles. The highest BCUT2D eigenvalue weighted by atomic mass is 16.3. The number of benzene rings is 1. The van der Waals surface area contributed by atoms with E-state index in [1.807, 2.05) is 12.1 Å². The van der Waals surface area contributed by atoms with E-state index in [4.69, 9.17) is 4.42 Å². The van der Waals surface area contributed by atoms with Crippen molar-refractivity contribution in [3.05, 3.63) is 53.2 Å². The molecular formula is C17H19N3O2. The quantitative estimate of drug-likeness (QED) is 0.913. The summed E-state index contributed by atoms with van der Waals surface area (Å²) < 4.78 is 5.47. The second-order valence-electron chi connectivity index (χ2n) is 5.98. The highest BCUT2D eigenvalue weighted by Gasteiger charge is 2.26. The number of amides is 1. The molecule has 1 fully saturated rings. The lowest BCUT2D eigenvalue weighted by Gasteiger charge is -2.12. The van der Waals surface area contributed by atoms with Gasteiger partial charge in [0.1, 0.15) is 6.26 Å². The van der Waals surface area contributed by atoms with Crippen LogP contribution in [0.25, 0.3) is 0 Å². The molecule has 2 aliphatic rings. The smallest absolute Gasteiger partial charge is 0.273 e. The van der Waals surface area contributed by atoms with Crippen molar-refractivity contribution in [1.82, 2.24) is 15.6 Å². The molecule has 1 aliphatic carbocycles. The Morgan fingerprint density at radius 1 is 1.32 bits per heavy atom. The van der Waals surface area contributed by atoms with Gasteiger partial charge in [-0.25, -0.2) is 4.98 Å². The number of carbonyl (C=O) groups excluding carboxylic acids is 1. The number of aromatic nitrogens is 1. The minimum absolute atomic E-state index is 0.0773. The maximum Gasteiger partial charge on any atom is 0.273 e. The molecule has 2 unspecified atom stereocenters. The van der Waals surface area contributed by atoms with Gasteiger partial charge in [0.05, 0.1) is 12.1 Å². The van der Waals surface area contributed by atoms with E-state index in [2.05, 4.69) is 27.8 Å². The summed E-state index contributed by atoms with van der Waals surface area (Å²) in [5, 5.41) is 6.40. The van der Waals surface area contributed by atoms with Crippen molar-refractivity contribution in [1.29, 1.82) is 0 Å². The number of hydrogen-bond donors (Lipinski definition) is 2. The van der Waals surface area contributed by atoms with Gasteiger partial charge in [-0.15, -0.1) is 0 Å². The van der Waals surface area contributed by atoms with Crippen molar-refractivity contribution in [2.24, 2.45) is 0 Å². The van der Waals surface area contributed by atoms with Gasteiger partial charge < -0.3 is 15.1 Å². The summed E-state index contributed by atoms with van der Waals surface area (Å²) in [7, 11) is 0. The van der Waals surface area contributed by atoms with E-state index in [1.54, 1.807) is 0 Å². The average molecular weight is 297 g/mol. The van der Waals surface area contributed by atoms with E-state index in [1.165, 1.54) is 17.4 Å². The van der Waals surface area contributed by atoms with Crippen molar-refractivity contribution >= 4 is 5.91 Å². The average Bonchev–Trinajstić information content (AvgIpc) is 3.28. The van der Waals surface area contributed by atoms with Gasteiger partial charge in [0.2, 0.25) is 5.89 Å². The standard InChI is InChI=1S/C17H19N3O2/c21-16(15-10-22-17(20-15)14-6-3-9-18-14)19-13-8-7-11-4-1-2-5-12(11)13/h1-2,4-5,10,13-14,18H,3,6-9H2,(H,19,21). The van der Waals surface area contributed by atoms with E-state index in [0.29, 0.717) is 11.6 Å². The summed E-state index contributed by atoms with van der Waals surface area (Å²) in [6.07, 6.45) is 5.55. The van der Waals surface area contributed by atoms with Crippen LogP contribution >= 0.6 is 0 Å². The molecule has 1 aromatic carbocycles. The van der Waals surface area contributed by atoms with E-state index >= 15 is 0 Å². The number of rotatable bonds is 3. The Kier molecular flexibility index (Phi) is 3.42. The number of nitrogens with one attached hydrogen (secondary N) is 2. The maximum absolute atomic E-state index is 12.4. The van der Waals surface area contributed by atoms with Crippen LogP contribution in [0, 0.1) is 0 Å². The highest BCUT2D eigenvalue weighted by Crippen LogP contribution is 2.31. The fourth-order valence-corrected chi connectivity index (χ4v) is 3.39. The minimum Gasteiger partial charge on any atom is -0.446 e. The Hall–Kier alpha value is -2.14. The number of carbonyl (C=O) groups is 1. The Balaban J connectivity index is 1.47. The zero-order chi connectivity index (χ0) is 14.9. The largest absolute Gasteiger partial charge is 0.446 e. The van der Waals surface area contributed by atoms with Gasteiger partial charge in [0, 0.05) is 0 Å². The van der Waals surface area contributed by atoms with Crippen LogP contribution in [0.5, 0.6) is 0 Å². The summed E-state index contributed by atoms with van der Waals surface area (Å²) in [6, 6.07) is 8.50. The monoisotopic (exact) mass is 297 g/mol. The minimum atomic E-state index is -0.158. The maximum atomic E-state index is 12.4. The lowest BCUT2D eigenvalue weighted by molar-refractivity contribution is 0.0931. The number of hydrogen-bond acceptors (Lipinski definition) is 4. The first-order valence-electron chi connectivity index (χ1n) is 7.89. The van der Waals surface area contributed by atoms with Crippen molar-refractivity contribution in [3.63, 3.8) is 0 Å². The Morgan fingerprint density at radius 3 is 3.09 bits per heavy atom. The second-order valence-corrected chi connectivity index (χ2v) is 5.98. The predicted molar refractivity (Wildman–Crippen MR) is 81.5 cm³/mol. The van der Waals surface area contributed by atoms with E-state index in [9.17, 15) is 4.79 Å². The Bertz CT molecular complexity index is 689. The van der Waals surface area contributed by atoms with Crippen molar-refractivity contribution in [3.8, 4) is 0 Å². The van der Waals surface area contributed by atoms with Crippen LogP contribution in [-0.4, -0.2) is 17.4 Å². The normalized spacial score (nSPS) is 23.5. The summed E-state index contributed by atoms with van der Waals surface area (Å²) >= 11 is 0. The molecule has 1 aromatic heterocycles. The first-order chi connectivity index (χ1) is 10.8. The molecule has 0 saturated carbocycles. The molecule has 0 spiro atoms. The number of aryl methyl sites for hydroxylation is 1. The van der Waals surface area contributed by atoms with Gasteiger partial charge in [-0.2, -0.15) is 0 Å². The Labute approximate surface area is 129 Å². The third-order valence-electron chi connectivity index (χ3n) is 4.55. The lowest BCUT2D eigenvalue weighted by Crippen LogP contribution is -2.27. The first-order valence-corrected chi connectivity index (χ1v) is 7.89. The van der Waals surface area contributed by atoms with Crippen LogP contribution in [0.3, 0.4) is 0 Å². The molecule has 1 saturated heterocycles. The molecular weight excluding hydrogens is 278 g/mol. The van der Waals surface area contributed by atoms with Crippen molar-refractivity contribution < 1.29 is 9.21 Å². The number of fused-ring (bicyclic) bond motifs is 1. The predicted octanol–water partition coefficient (Wildman–Crippen LogP) is 2.52. The second kappa shape index (κ2) is 5.57. The molecule has 114 valence electrons. The van der Waals surface area contributed by atoms with Gasteiger partial charge in [0.25, 0.3) is 5.91 Å². The Morgan fingerprint density at radius 2 is 2.23 bits per heavy atom. The van der Waals surface area contributed by atoms with Crippen LogP contribution in [0.1, 0.15) is 58.9 Å². The lowest BCUT2D eigenvalue weighted by atomic mass is 10.1. The van der Waals surface area contributed by atoms with Crippen molar-refractivity contribution in [2.45, 2.75) is 37.8 Å². The number of oxazole rings is 1. The molecule has 2 N–H and O–H groups in total. The van der Waals surface area contributed by atoms with Crippen LogP contribution in [0.15, 0.2) is 34.9 Å². The van der Waals surface area contributed by atoms with E-state index < -0.39 is 0 Å². The molecule has 5 heteroatoms. The topological polar surface area (TPSA) is 67.2 Å². The summed E-state index contributed by atoms with van der Waals surface area (Å²) in [4.78, 5) is 16.7. The van der Waals surface area contributed by atoms with E-state index in [-0.39, 0.29) is 18.0 Å².